The molecule has 0 radical (unpaired) electrons. The molecule has 1 aromatic rings. The second-order valence-corrected chi connectivity index (χ2v) is 4.03. The average molecular weight is 236 g/mol. The molecule has 0 unspecified atom stereocenters. The Labute approximate surface area is 90.1 Å². The van der Waals surface area contributed by atoms with Crippen LogP contribution in [0.2, 0.25) is 10.2 Å². The molecule has 0 amide bonds. The van der Waals surface area contributed by atoms with E-state index in [1.165, 1.54) is 0 Å². The highest BCUT2D eigenvalue weighted by molar-refractivity contribution is 8.13. The molecule has 0 aliphatic rings. The van der Waals surface area contributed by atoms with Crippen molar-refractivity contribution in [3.63, 3.8) is 0 Å². The van der Waals surface area contributed by atoms with Crippen LogP contribution in [0.4, 0.5) is 0 Å². The van der Waals surface area contributed by atoms with Crippen molar-refractivity contribution in [1.29, 1.82) is 5.41 Å². The van der Waals surface area contributed by atoms with E-state index in [0.29, 0.717) is 21.6 Å². The Hall–Kier alpha value is -0.450. The molecule has 0 bridgehead atoms. The quantitative estimate of drug-likeness (QED) is 0.471. The van der Waals surface area contributed by atoms with Gasteiger partial charge in [-0.25, -0.2) is 4.98 Å². The van der Waals surface area contributed by atoms with E-state index in [-0.39, 0.29) is 5.17 Å². The number of pyridine rings is 1. The third-order valence-corrected chi connectivity index (χ3v) is 2.53. The number of thioether (sulfide) groups is 1. The van der Waals surface area contributed by atoms with Crippen LogP contribution in [-0.4, -0.2) is 10.2 Å². The van der Waals surface area contributed by atoms with E-state index >= 15 is 0 Å². The summed E-state index contributed by atoms with van der Waals surface area (Å²) in [7, 11) is 0. The number of nitrogens with one attached hydrogen (secondary N) is 1. The molecule has 3 nitrogen and oxygen atoms in total. The van der Waals surface area contributed by atoms with Gasteiger partial charge in [0.05, 0.1) is 10.7 Å². The highest BCUT2D eigenvalue weighted by atomic mass is 35.5. The van der Waals surface area contributed by atoms with Gasteiger partial charge in [0.1, 0.15) is 5.15 Å². The first-order chi connectivity index (χ1) is 6.09. The van der Waals surface area contributed by atoms with Crippen LogP contribution >= 0.6 is 35.0 Å². The molecule has 6 heteroatoms. The molecule has 1 rings (SSSR count). The normalized spacial score (nSPS) is 10.0. The van der Waals surface area contributed by atoms with Crippen LogP contribution in [0.3, 0.4) is 0 Å². The van der Waals surface area contributed by atoms with Crippen molar-refractivity contribution < 1.29 is 0 Å². The molecular formula is C7H7Cl2N3S. The second-order valence-electron chi connectivity index (χ2n) is 2.22. The first-order valence-corrected chi connectivity index (χ1v) is 5.11. The Balaban J connectivity index is 2.75. The zero-order valence-corrected chi connectivity index (χ0v) is 8.88. The van der Waals surface area contributed by atoms with Gasteiger partial charge in [0, 0.05) is 5.75 Å². The molecule has 1 heterocycles. The molecule has 0 fully saturated rings. The smallest absolute Gasteiger partial charge is 0.151 e. The van der Waals surface area contributed by atoms with E-state index in [1.54, 1.807) is 12.1 Å². The van der Waals surface area contributed by atoms with E-state index in [1.807, 2.05) is 0 Å². The zero-order chi connectivity index (χ0) is 9.84. The van der Waals surface area contributed by atoms with Crippen molar-refractivity contribution in [3.8, 4) is 0 Å². The van der Waals surface area contributed by atoms with Gasteiger partial charge in [0.25, 0.3) is 0 Å². The Morgan fingerprint density at radius 2 is 2.23 bits per heavy atom. The molecule has 0 atom stereocenters. The van der Waals surface area contributed by atoms with Gasteiger partial charge in [-0.05, 0) is 12.1 Å². The number of aromatic nitrogens is 1. The van der Waals surface area contributed by atoms with E-state index in [0.717, 1.165) is 11.8 Å². The van der Waals surface area contributed by atoms with Crippen LogP contribution in [0.5, 0.6) is 0 Å². The lowest BCUT2D eigenvalue weighted by atomic mass is 10.4. The van der Waals surface area contributed by atoms with Crippen molar-refractivity contribution in [2.75, 3.05) is 0 Å². The van der Waals surface area contributed by atoms with Crippen molar-refractivity contribution >= 4 is 40.1 Å². The van der Waals surface area contributed by atoms with Gasteiger partial charge in [0.2, 0.25) is 0 Å². The Bertz CT molecular complexity index is 330. The van der Waals surface area contributed by atoms with Crippen molar-refractivity contribution in [2.24, 2.45) is 5.73 Å². The van der Waals surface area contributed by atoms with Crippen LogP contribution < -0.4 is 5.73 Å². The summed E-state index contributed by atoms with van der Waals surface area (Å²) in [6, 6.07) is 3.29. The summed E-state index contributed by atoms with van der Waals surface area (Å²) < 4.78 is 0. The maximum atomic E-state index is 7.00. The lowest BCUT2D eigenvalue weighted by molar-refractivity contribution is 1.18. The van der Waals surface area contributed by atoms with Crippen LogP contribution in [0.25, 0.3) is 0 Å². The van der Waals surface area contributed by atoms with Gasteiger partial charge in [-0.15, -0.1) is 0 Å². The molecule has 13 heavy (non-hydrogen) atoms. The number of amidine groups is 1. The minimum absolute atomic E-state index is 0.0397. The maximum Gasteiger partial charge on any atom is 0.151 e. The van der Waals surface area contributed by atoms with Crippen LogP contribution in [0.1, 0.15) is 5.69 Å². The molecule has 1 aromatic heterocycles. The number of nitrogens with two attached hydrogens (primary N) is 1. The molecule has 0 aliphatic heterocycles. The third kappa shape index (κ3) is 3.42. The molecule has 70 valence electrons. The average Bonchev–Trinajstić information content (AvgIpc) is 2.06. The van der Waals surface area contributed by atoms with Crippen molar-refractivity contribution in [1.82, 2.24) is 4.98 Å². The van der Waals surface area contributed by atoms with E-state index < -0.39 is 0 Å². The van der Waals surface area contributed by atoms with Crippen molar-refractivity contribution in [3.05, 3.63) is 28.0 Å². The maximum absolute atomic E-state index is 7.00. The highest BCUT2D eigenvalue weighted by Crippen LogP contribution is 2.20. The van der Waals surface area contributed by atoms with E-state index in [9.17, 15) is 0 Å². The molecule has 0 saturated heterocycles. The van der Waals surface area contributed by atoms with Gasteiger partial charge in [-0.2, -0.15) is 0 Å². The lowest BCUT2D eigenvalue weighted by Crippen LogP contribution is -2.04. The molecule has 0 aromatic carbocycles. The summed E-state index contributed by atoms with van der Waals surface area (Å²) in [6.07, 6.45) is 0. The third-order valence-electron chi connectivity index (χ3n) is 1.25. The summed E-state index contributed by atoms with van der Waals surface area (Å²) in [6.45, 7) is 0. The first kappa shape index (κ1) is 10.6. The molecular weight excluding hydrogens is 229 g/mol. The standard InChI is InChI=1S/C7H7Cl2N3S/c8-4-1-2-6(9)12-5(4)3-13-7(10)11/h1-2H,3H2,(H3,10,11). The van der Waals surface area contributed by atoms with E-state index in [2.05, 4.69) is 4.98 Å². The summed E-state index contributed by atoms with van der Waals surface area (Å²) >= 11 is 12.7. The largest absolute Gasteiger partial charge is 0.379 e. The SMILES string of the molecule is N=C(N)SCc1nc(Cl)ccc1Cl. The van der Waals surface area contributed by atoms with Crippen LogP contribution in [-0.2, 0) is 5.75 Å². The minimum atomic E-state index is 0.0397. The summed E-state index contributed by atoms with van der Waals surface area (Å²) in [4.78, 5) is 4.01. The number of halogens is 2. The van der Waals surface area contributed by atoms with Crippen molar-refractivity contribution in [2.45, 2.75) is 5.75 Å². The Morgan fingerprint density at radius 3 is 2.85 bits per heavy atom. The van der Waals surface area contributed by atoms with Gasteiger partial charge < -0.3 is 5.73 Å². The predicted octanol–water partition coefficient (Wildman–Crippen LogP) is 2.52. The Morgan fingerprint density at radius 1 is 1.54 bits per heavy atom. The second kappa shape index (κ2) is 4.69. The van der Waals surface area contributed by atoms with Crippen LogP contribution in [0, 0.1) is 5.41 Å². The van der Waals surface area contributed by atoms with Gasteiger partial charge >= 0.3 is 0 Å². The topological polar surface area (TPSA) is 62.8 Å². The molecule has 0 aliphatic carbocycles. The molecule has 0 spiro atoms. The predicted molar refractivity (Wildman–Crippen MR) is 57.5 cm³/mol. The fraction of sp³-hybridized carbons (Fsp3) is 0.143. The molecule has 0 saturated carbocycles. The number of rotatable bonds is 2. The fourth-order valence-corrected chi connectivity index (χ4v) is 1.63. The van der Waals surface area contributed by atoms with Gasteiger partial charge in [-0.1, -0.05) is 35.0 Å². The molecule has 3 N–H and O–H groups in total. The summed E-state index contributed by atoms with van der Waals surface area (Å²) in [5, 5.41) is 7.98. The zero-order valence-electron chi connectivity index (χ0n) is 6.55. The summed E-state index contributed by atoms with van der Waals surface area (Å²) in [5.74, 6) is 0.467. The summed E-state index contributed by atoms with van der Waals surface area (Å²) in [5.41, 5.74) is 5.82. The van der Waals surface area contributed by atoms with Gasteiger partial charge in [0.15, 0.2) is 5.17 Å². The fourth-order valence-electron chi connectivity index (χ4n) is 0.705. The lowest BCUT2D eigenvalue weighted by Gasteiger charge is -2.01. The number of hydrogen-bond acceptors (Lipinski definition) is 3. The monoisotopic (exact) mass is 235 g/mol. The minimum Gasteiger partial charge on any atom is -0.379 e. The number of hydrogen-bond donors (Lipinski definition) is 2. The van der Waals surface area contributed by atoms with Crippen LogP contribution in [0.15, 0.2) is 12.1 Å². The number of nitrogens with zero attached hydrogens (tertiary/aromatic N) is 1. The van der Waals surface area contributed by atoms with Gasteiger partial charge in [-0.3, -0.25) is 5.41 Å². The highest BCUT2D eigenvalue weighted by Gasteiger charge is 2.03. The van der Waals surface area contributed by atoms with E-state index in [4.69, 9.17) is 34.3 Å². The Kier molecular flexibility index (Phi) is 3.84. The first-order valence-electron chi connectivity index (χ1n) is 3.37.